The van der Waals surface area contributed by atoms with Crippen LogP contribution in [0.5, 0.6) is 0 Å². The lowest BCUT2D eigenvalue weighted by atomic mass is 9.67. The summed E-state index contributed by atoms with van der Waals surface area (Å²) in [6.07, 6.45) is 2.52. The molecule has 96 valence electrons. The lowest BCUT2D eigenvalue weighted by Crippen LogP contribution is -2.21. The molecule has 0 radical (unpaired) electrons. The Bertz CT molecular complexity index is 568. The molecule has 0 saturated heterocycles. The standard InChI is InChI=1S/C18H18O/c1-13(19)14-7-9-16(10-8-14)18-12-11-17(18)15-5-3-2-4-6-15/h2-10,17-18H,11-12H2,1H3/t17-,18-/m1/s1. The summed E-state index contributed by atoms with van der Waals surface area (Å²) in [5.41, 5.74) is 3.61. The zero-order valence-electron chi connectivity index (χ0n) is 11.2. The maximum atomic E-state index is 11.3. The molecule has 0 aliphatic heterocycles. The van der Waals surface area contributed by atoms with Gasteiger partial charge in [-0.25, -0.2) is 0 Å². The Morgan fingerprint density at radius 1 is 0.842 bits per heavy atom. The number of carbonyl (C=O) groups is 1. The molecule has 0 bridgehead atoms. The number of hydrogen-bond acceptors (Lipinski definition) is 1. The topological polar surface area (TPSA) is 17.1 Å². The van der Waals surface area contributed by atoms with Crippen LogP contribution >= 0.6 is 0 Å². The van der Waals surface area contributed by atoms with E-state index in [1.165, 1.54) is 24.0 Å². The summed E-state index contributed by atoms with van der Waals surface area (Å²) in [7, 11) is 0. The lowest BCUT2D eigenvalue weighted by molar-refractivity contribution is 0.101. The van der Waals surface area contributed by atoms with Crippen molar-refractivity contribution in [2.75, 3.05) is 0 Å². The van der Waals surface area contributed by atoms with Crippen molar-refractivity contribution in [2.45, 2.75) is 31.6 Å². The van der Waals surface area contributed by atoms with Gasteiger partial charge in [-0.1, -0.05) is 54.6 Å². The molecular weight excluding hydrogens is 232 g/mol. The maximum Gasteiger partial charge on any atom is 0.159 e. The van der Waals surface area contributed by atoms with Gasteiger partial charge in [-0.3, -0.25) is 4.79 Å². The lowest BCUT2D eigenvalue weighted by Gasteiger charge is -2.37. The van der Waals surface area contributed by atoms with Crippen LogP contribution in [0.25, 0.3) is 0 Å². The average Bonchev–Trinajstić information content (AvgIpc) is 2.39. The molecule has 1 aliphatic rings. The average molecular weight is 250 g/mol. The number of carbonyl (C=O) groups excluding carboxylic acids is 1. The van der Waals surface area contributed by atoms with Gasteiger partial charge in [0.15, 0.2) is 5.78 Å². The smallest absolute Gasteiger partial charge is 0.159 e. The summed E-state index contributed by atoms with van der Waals surface area (Å²) in [5.74, 6) is 1.40. The minimum Gasteiger partial charge on any atom is -0.295 e. The normalized spacial score (nSPS) is 21.7. The van der Waals surface area contributed by atoms with Crippen molar-refractivity contribution in [3.05, 3.63) is 71.3 Å². The summed E-state index contributed by atoms with van der Waals surface area (Å²) in [4.78, 5) is 11.3. The van der Waals surface area contributed by atoms with E-state index in [1.54, 1.807) is 6.92 Å². The molecular formula is C18H18O. The number of Topliss-reactive ketones (excluding diaryl/α,β-unsaturated/α-hetero) is 1. The molecule has 0 unspecified atom stereocenters. The molecule has 0 spiro atoms. The zero-order valence-corrected chi connectivity index (χ0v) is 11.2. The van der Waals surface area contributed by atoms with Crippen molar-refractivity contribution in [3.63, 3.8) is 0 Å². The van der Waals surface area contributed by atoms with E-state index in [1.807, 2.05) is 12.1 Å². The van der Waals surface area contributed by atoms with Crippen molar-refractivity contribution < 1.29 is 4.79 Å². The quantitative estimate of drug-likeness (QED) is 0.730. The SMILES string of the molecule is CC(=O)c1ccc([C@H]2CC[C@@H]2c2ccccc2)cc1. The summed E-state index contributed by atoms with van der Waals surface area (Å²) in [6.45, 7) is 1.62. The van der Waals surface area contributed by atoms with Gasteiger partial charge in [0, 0.05) is 5.56 Å². The van der Waals surface area contributed by atoms with Crippen molar-refractivity contribution in [1.82, 2.24) is 0 Å². The van der Waals surface area contributed by atoms with Crippen molar-refractivity contribution >= 4 is 5.78 Å². The zero-order chi connectivity index (χ0) is 13.2. The molecule has 19 heavy (non-hydrogen) atoms. The van der Waals surface area contributed by atoms with Crippen molar-refractivity contribution in [1.29, 1.82) is 0 Å². The molecule has 1 aliphatic carbocycles. The second kappa shape index (κ2) is 5.00. The van der Waals surface area contributed by atoms with Crippen LogP contribution in [0.15, 0.2) is 54.6 Å². The minimum atomic E-state index is 0.139. The molecule has 0 amide bonds. The number of benzene rings is 2. The van der Waals surface area contributed by atoms with Gasteiger partial charge in [-0.2, -0.15) is 0 Å². The second-order valence-corrected chi connectivity index (χ2v) is 5.38. The fraction of sp³-hybridized carbons (Fsp3) is 0.278. The summed E-state index contributed by atoms with van der Waals surface area (Å²) >= 11 is 0. The number of hydrogen-bond donors (Lipinski definition) is 0. The molecule has 1 saturated carbocycles. The Labute approximate surface area is 114 Å². The first-order valence-electron chi connectivity index (χ1n) is 6.91. The maximum absolute atomic E-state index is 11.3. The first-order valence-corrected chi connectivity index (χ1v) is 6.91. The molecule has 2 atom stereocenters. The molecule has 1 nitrogen and oxygen atoms in total. The van der Waals surface area contributed by atoms with E-state index >= 15 is 0 Å². The number of ketones is 1. The molecule has 0 aromatic heterocycles. The van der Waals surface area contributed by atoms with Crippen LogP contribution < -0.4 is 0 Å². The third-order valence-electron chi connectivity index (χ3n) is 4.25. The second-order valence-electron chi connectivity index (χ2n) is 5.38. The Morgan fingerprint density at radius 3 is 1.84 bits per heavy atom. The van der Waals surface area contributed by atoms with Gasteiger partial charge >= 0.3 is 0 Å². The van der Waals surface area contributed by atoms with Gasteiger partial charge in [0.2, 0.25) is 0 Å². The van der Waals surface area contributed by atoms with Gasteiger partial charge in [0.25, 0.3) is 0 Å². The number of rotatable bonds is 3. The van der Waals surface area contributed by atoms with Crippen molar-refractivity contribution in [2.24, 2.45) is 0 Å². The van der Waals surface area contributed by atoms with Crippen LogP contribution in [0, 0.1) is 0 Å². The van der Waals surface area contributed by atoms with Gasteiger partial charge in [-0.15, -0.1) is 0 Å². The highest BCUT2D eigenvalue weighted by molar-refractivity contribution is 5.94. The van der Waals surface area contributed by atoms with Crippen LogP contribution in [0.2, 0.25) is 0 Å². The van der Waals surface area contributed by atoms with Gasteiger partial charge in [-0.05, 0) is 42.7 Å². The summed E-state index contributed by atoms with van der Waals surface area (Å²) < 4.78 is 0. The molecule has 1 fully saturated rings. The molecule has 0 heterocycles. The van der Waals surface area contributed by atoms with Gasteiger partial charge in [0.1, 0.15) is 0 Å². The first-order chi connectivity index (χ1) is 9.25. The Morgan fingerprint density at radius 2 is 1.37 bits per heavy atom. The van der Waals surface area contributed by atoms with Crippen LogP contribution in [-0.4, -0.2) is 5.78 Å². The summed E-state index contributed by atoms with van der Waals surface area (Å²) in [5, 5.41) is 0. The van der Waals surface area contributed by atoms with E-state index < -0.39 is 0 Å². The first kappa shape index (κ1) is 12.2. The Hall–Kier alpha value is -1.89. The molecule has 2 aromatic rings. The van der Waals surface area contributed by atoms with E-state index in [2.05, 4.69) is 42.5 Å². The van der Waals surface area contributed by atoms with Gasteiger partial charge in [0.05, 0.1) is 0 Å². The van der Waals surface area contributed by atoms with Gasteiger partial charge < -0.3 is 0 Å². The molecule has 1 heteroatoms. The van der Waals surface area contributed by atoms with E-state index in [0.717, 1.165) is 5.56 Å². The fourth-order valence-electron chi connectivity index (χ4n) is 2.96. The third kappa shape index (κ3) is 2.33. The van der Waals surface area contributed by atoms with Crippen LogP contribution in [-0.2, 0) is 0 Å². The van der Waals surface area contributed by atoms with Crippen molar-refractivity contribution in [3.8, 4) is 0 Å². The van der Waals surface area contributed by atoms with E-state index in [-0.39, 0.29) is 5.78 Å². The molecule has 0 N–H and O–H groups in total. The van der Waals surface area contributed by atoms with Crippen LogP contribution in [0.4, 0.5) is 0 Å². The van der Waals surface area contributed by atoms with Crippen LogP contribution in [0.3, 0.4) is 0 Å². The molecule has 3 rings (SSSR count). The van der Waals surface area contributed by atoms with E-state index in [9.17, 15) is 4.79 Å². The largest absolute Gasteiger partial charge is 0.295 e. The predicted octanol–water partition coefficient (Wildman–Crippen LogP) is 4.55. The fourth-order valence-corrected chi connectivity index (χ4v) is 2.96. The Kier molecular flexibility index (Phi) is 3.20. The molecule has 2 aromatic carbocycles. The van der Waals surface area contributed by atoms with E-state index in [0.29, 0.717) is 11.8 Å². The highest BCUT2D eigenvalue weighted by Gasteiger charge is 2.32. The third-order valence-corrected chi connectivity index (χ3v) is 4.25. The Balaban J connectivity index is 1.81. The predicted molar refractivity (Wildman–Crippen MR) is 77.6 cm³/mol. The van der Waals surface area contributed by atoms with E-state index in [4.69, 9.17) is 0 Å². The van der Waals surface area contributed by atoms with Crippen LogP contribution in [0.1, 0.15) is 53.1 Å². The highest BCUT2D eigenvalue weighted by atomic mass is 16.1. The highest BCUT2D eigenvalue weighted by Crippen LogP contribution is 2.48. The minimum absolute atomic E-state index is 0.139. The monoisotopic (exact) mass is 250 g/mol. The summed E-state index contributed by atoms with van der Waals surface area (Å²) in [6, 6.07) is 18.9.